The molecule has 1 atom stereocenters. The Labute approximate surface area is 150 Å². The molecule has 0 aliphatic carbocycles. The molecule has 25 heavy (non-hydrogen) atoms. The van der Waals surface area contributed by atoms with Crippen LogP contribution >= 0.6 is 11.6 Å². The molecule has 0 aliphatic heterocycles. The Bertz CT molecular complexity index is 777. The Balaban J connectivity index is 1.80. The van der Waals surface area contributed by atoms with Crippen molar-refractivity contribution in [3.8, 4) is 0 Å². The van der Waals surface area contributed by atoms with Crippen LogP contribution in [0.25, 0.3) is 6.08 Å². The lowest BCUT2D eigenvalue weighted by molar-refractivity contribution is -0.144. The van der Waals surface area contributed by atoms with E-state index in [-0.39, 0.29) is 17.7 Å². The van der Waals surface area contributed by atoms with Crippen molar-refractivity contribution in [2.75, 3.05) is 6.61 Å². The third-order valence-electron chi connectivity index (χ3n) is 3.38. The van der Waals surface area contributed by atoms with Crippen molar-refractivity contribution in [3.63, 3.8) is 0 Å². The number of carbonyl (C=O) groups excluding carboxylic acids is 2. The molecule has 4 nitrogen and oxygen atoms in total. The van der Waals surface area contributed by atoms with E-state index in [1.54, 1.807) is 0 Å². The lowest BCUT2D eigenvalue weighted by atomic mass is 10.1. The molecule has 1 N–H and O–H groups in total. The standard InChI is InChI=1S/C19H17ClFNO3/c1-13(15-5-3-2-4-6-15)22-18(23)12-25-19(24)10-8-14-7-9-17(21)16(20)11-14/h2-11,13H,12H2,1H3,(H,22,23)/b10-8+/t13-/m0/s1. The second kappa shape index (κ2) is 8.99. The molecule has 6 heteroatoms. The molecule has 0 unspecified atom stereocenters. The molecule has 0 saturated carbocycles. The topological polar surface area (TPSA) is 55.4 Å². The number of hydrogen-bond acceptors (Lipinski definition) is 3. The summed E-state index contributed by atoms with van der Waals surface area (Å²) in [6, 6.07) is 13.3. The van der Waals surface area contributed by atoms with Crippen LogP contribution in [0, 0.1) is 5.82 Å². The Kier molecular flexibility index (Phi) is 6.71. The summed E-state index contributed by atoms with van der Waals surface area (Å²) in [5.74, 6) is -1.61. The van der Waals surface area contributed by atoms with Crippen LogP contribution in [0.1, 0.15) is 24.1 Å². The molecule has 0 aromatic heterocycles. The smallest absolute Gasteiger partial charge is 0.331 e. The summed E-state index contributed by atoms with van der Waals surface area (Å²) in [5, 5.41) is 2.70. The van der Waals surface area contributed by atoms with E-state index in [0.29, 0.717) is 5.56 Å². The molecular weight excluding hydrogens is 345 g/mol. The zero-order valence-corrected chi connectivity index (χ0v) is 14.3. The van der Waals surface area contributed by atoms with Crippen LogP contribution in [0.2, 0.25) is 5.02 Å². The fourth-order valence-corrected chi connectivity index (χ4v) is 2.26. The van der Waals surface area contributed by atoms with Crippen molar-refractivity contribution >= 4 is 29.6 Å². The fourth-order valence-electron chi connectivity index (χ4n) is 2.07. The largest absolute Gasteiger partial charge is 0.452 e. The second-order valence-corrected chi connectivity index (χ2v) is 5.72. The van der Waals surface area contributed by atoms with Crippen molar-refractivity contribution in [1.82, 2.24) is 5.32 Å². The SMILES string of the molecule is C[C@H](NC(=O)COC(=O)/C=C/c1ccc(F)c(Cl)c1)c1ccccc1. The Hall–Kier alpha value is -2.66. The quantitative estimate of drug-likeness (QED) is 0.627. The highest BCUT2D eigenvalue weighted by molar-refractivity contribution is 6.30. The van der Waals surface area contributed by atoms with Crippen molar-refractivity contribution in [1.29, 1.82) is 0 Å². The molecule has 0 spiro atoms. The number of hydrogen-bond donors (Lipinski definition) is 1. The fraction of sp³-hybridized carbons (Fsp3) is 0.158. The number of carbonyl (C=O) groups is 2. The monoisotopic (exact) mass is 361 g/mol. The molecule has 0 bridgehead atoms. The van der Waals surface area contributed by atoms with Crippen molar-refractivity contribution in [2.45, 2.75) is 13.0 Å². The van der Waals surface area contributed by atoms with Gasteiger partial charge in [-0.25, -0.2) is 9.18 Å². The maximum absolute atomic E-state index is 13.0. The van der Waals surface area contributed by atoms with Crippen LogP contribution in [0.4, 0.5) is 4.39 Å². The highest BCUT2D eigenvalue weighted by atomic mass is 35.5. The van der Waals surface area contributed by atoms with Crippen LogP contribution in [0.5, 0.6) is 0 Å². The number of rotatable bonds is 6. The Morgan fingerprint density at radius 1 is 1.24 bits per heavy atom. The molecular formula is C19H17ClFNO3. The molecule has 130 valence electrons. The summed E-state index contributed by atoms with van der Waals surface area (Å²) in [7, 11) is 0. The van der Waals surface area contributed by atoms with Gasteiger partial charge in [0.2, 0.25) is 0 Å². The molecule has 2 rings (SSSR count). The van der Waals surface area contributed by atoms with Gasteiger partial charge in [0.1, 0.15) is 5.82 Å². The van der Waals surface area contributed by atoms with Crippen LogP contribution in [-0.2, 0) is 14.3 Å². The Morgan fingerprint density at radius 3 is 2.64 bits per heavy atom. The van der Waals surface area contributed by atoms with Gasteiger partial charge in [-0.05, 0) is 36.3 Å². The molecule has 0 heterocycles. The average molecular weight is 362 g/mol. The number of nitrogens with one attached hydrogen (secondary N) is 1. The van der Waals surface area contributed by atoms with Gasteiger partial charge in [-0.15, -0.1) is 0 Å². The van der Waals surface area contributed by atoms with Gasteiger partial charge in [0, 0.05) is 6.08 Å². The van der Waals surface area contributed by atoms with Crippen LogP contribution < -0.4 is 5.32 Å². The molecule has 1 amide bonds. The summed E-state index contributed by atoms with van der Waals surface area (Å²) in [6.07, 6.45) is 2.58. The van der Waals surface area contributed by atoms with Crippen molar-refractivity contribution in [3.05, 3.63) is 76.6 Å². The first-order valence-electron chi connectivity index (χ1n) is 7.60. The van der Waals surface area contributed by atoms with Gasteiger partial charge >= 0.3 is 5.97 Å². The van der Waals surface area contributed by atoms with E-state index >= 15 is 0 Å². The molecule has 2 aromatic rings. The number of benzene rings is 2. The third kappa shape index (κ3) is 6.04. The predicted molar refractivity (Wildman–Crippen MR) is 94.4 cm³/mol. The van der Waals surface area contributed by atoms with E-state index in [9.17, 15) is 14.0 Å². The lowest BCUT2D eigenvalue weighted by Crippen LogP contribution is -2.30. The average Bonchev–Trinajstić information content (AvgIpc) is 2.61. The minimum Gasteiger partial charge on any atom is -0.452 e. The first kappa shape index (κ1) is 18.7. The van der Waals surface area contributed by atoms with E-state index in [2.05, 4.69) is 5.32 Å². The molecule has 2 aromatic carbocycles. The first-order chi connectivity index (χ1) is 12.0. The summed E-state index contributed by atoms with van der Waals surface area (Å²) < 4.78 is 17.9. The van der Waals surface area contributed by atoms with Crippen LogP contribution in [0.3, 0.4) is 0 Å². The first-order valence-corrected chi connectivity index (χ1v) is 7.97. The van der Waals surface area contributed by atoms with Gasteiger partial charge < -0.3 is 10.1 Å². The van der Waals surface area contributed by atoms with E-state index < -0.39 is 17.7 Å². The van der Waals surface area contributed by atoms with E-state index in [1.165, 1.54) is 24.3 Å². The number of amides is 1. The molecule has 0 fully saturated rings. The van der Waals surface area contributed by atoms with Crippen LogP contribution in [0.15, 0.2) is 54.6 Å². The minimum atomic E-state index is -0.678. The predicted octanol–water partition coefficient (Wildman–Crippen LogP) is 3.91. The van der Waals surface area contributed by atoms with Crippen LogP contribution in [-0.4, -0.2) is 18.5 Å². The van der Waals surface area contributed by atoms with Gasteiger partial charge in [0.15, 0.2) is 6.61 Å². The summed E-state index contributed by atoms with van der Waals surface area (Å²) >= 11 is 5.65. The number of halogens is 2. The van der Waals surface area contributed by atoms with Gasteiger partial charge in [-0.2, -0.15) is 0 Å². The molecule has 0 aliphatic rings. The van der Waals surface area contributed by atoms with Gasteiger partial charge in [0.25, 0.3) is 5.91 Å². The van der Waals surface area contributed by atoms with E-state index in [1.807, 2.05) is 37.3 Å². The van der Waals surface area contributed by atoms with Crippen molar-refractivity contribution < 1.29 is 18.7 Å². The second-order valence-electron chi connectivity index (χ2n) is 5.31. The normalized spacial score (nSPS) is 12.0. The highest BCUT2D eigenvalue weighted by Crippen LogP contribution is 2.16. The zero-order chi connectivity index (χ0) is 18.2. The van der Waals surface area contributed by atoms with E-state index in [0.717, 1.165) is 11.6 Å². The number of esters is 1. The minimum absolute atomic E-state index is 0.0372. The summed E-state index contributed by atoms with van der Waals surface area (Å²) in [6.45, 7) is 1.46. The maximum Gasteiger partial charge on any atom is 0.331 e. The third-order valence-corrected chi connectivity index (χ3v) is 3.67. The van der Waals surface area contributed by atoms with Crippen molar-refractivity contribution in [2.24, 2.45) is 0 Å². The lowest BCUT2D eigenvalue weighted by Gasteiger charge is -2.13. The Morgan fingerprint density at radius 2 is 1.96 bits per heavy atom. The van der Waals surface area contributed by atoms with Gasteiger partial charge in [-0.3, -0.25) is 4.79 Å². The van der Waals surface area contributed by atoms with Gasteiger partial charge in [-0.1, -0.05) is 48.0 Å². The highest BCUT2D eigenvalue weighted by Gasteiger charge is 2.10. The zero-order valence-electron chi connectivity index (χ0n) is 13.5. The summed E-state index contributed by atoms with van der Waals surface area (Å²) in [4.78, 5) is 23.4. The van der Waals surface area contributed by atoms with E-state index in [4.69, 9.17) is 16.3 Å². The number of ether oxygens (including phenoxy) is 1. The van der Waals surface area contributed by atoms with Gasteiger partial charge in [0.05, 0.1) is 11.1 Å². The maximum atomic E-state index is 13.0. The molecule has 0 saturated heterocycles. The summed E-state index contributed by atoms with van der Waals surface area (Å²) in [5.41, 5.74) is 1.50. The molecule has 0 radical (unpaired) electrons.